The molecule has 0 aromatic heterocycles. The topological polar surface area (TPSA) is 46.2 Å². The second-order valence-corrected chi connectivity index (χ2v) is 6.09. The van der Waals surface area contributed by atoms with E-state index in [0.717, 1.165) is 14.7 Å². The molecule has 0 saturated carbocycles. The molecule has 3 nitrogen and oxygen atoms in total. The summed E-state index contributed by atoms with van der Waals surface area (Å²) in [5, 5.41) is 0. The average molecular weight is 325 g/mol. The molecule has 0 amide bonds. The van der Waals surface area contributed by atoms with Gasteiger partial charge < -0.3 is 0 Å². The summed E-state index contributed by atoms with van der Waals surface area (Å²) in [6, 6.07) is 3.57. The highest BCUT2D eigenvalue weighted by molar-refractivity contribution is 14.1. The predicted octanol–water partition coefficient (Wildman–Crippen LogP) is 1.82. The first kappa shape index (κ1) is 11.9. The summed E-state index contributed by atoms with van der Waals surface area (Å²) in [5.74, 6) is 0. The van der Waals surface area contributed by atoms with E-state index in [1.165, 1.54) is 7.05 Å². The maximum absolute atomic E-state index is 11.6. The van der Waals surface area contributed by atoms with Crippen LogP contribution in [-0.2, 0) is 10.0 Å². The largest absolute Gasteiger partial charge is 0.241 e. The summed E-state index contributed by atoms with van der Waals surface area (Å²) in [6.45, 7) is 3.87. The number of sulfonamides is 1. The van der Waals surface area contributed by atoms with Crippen LogP contribution in [0.25, 0.3) is 0 Å². The Labute approximate surface area is 98.1 Å². The number of hydrogen-bond acceptors (Lipinski definition) is 2. The molecule has 1 aromatic rings. The standard InChI is InChI=1S/C9H12INO2S/c1-6-4-8(10)9(5-7(6)2)14(12,13)11-3/h4-5,11H,1-3H3. The van der Waals surface area contributed by atoms with Gasteiger partial charge in [0.15, 0.2) is 0 Å². The van der Waals surface area contributed by atoms with Crippen molar-refractivity contribution in [2.75, 3.05) is 7.05 Å². The molecular weight excluding hydrogens is 313 g/mol. The van der Waals surface area contributed by atoms with Crippen molar-refractivity contribution in [3.63, 3.8) is 0 Å². The van der Waals surface area contributed by atoms with Gasteiger partial charge in [0.2, 0.25) is 10.0 Å². The number of nitrogens with one attached hydrogen (secondary N) is 1. The third kappa shape index (κ3) is 2.26. The lowest BCUT2D eigenvalue weighted by Gasteiger charge is -2.08. The summed E-state index contributed by atoms with van der Waals surface area (Å²) in [4.78, 5) is 0.351. The van der Waals surface area contributed by atoms with Crippen LogP contribution in [-0.4, -0.2) is 15.5 Å². The van der Waals surface area contributed by atoms with Crippen molar-refractivity contribution in [2.45, 2.75) is 18.7 Å². The molecule has 0 fully saturated rings. The van der Waals surface area contributed by atoms with Gasteiger partial charge in [0.1, 0.15) is 0 Å². The number of benzene rings is 1. The van der Waals surface area contributed by atoms with Crippen molar-refractivity contribution in [2.24, 2.45) is 0 Å². The first-order valence-electron chi connectivity index (χ1n) is 4.09. The van der Waals surface area contributed by atoms with Gasteiger partial charge >= 0.3 is 0 Å². The van der Waals surface area contributed by atoms with Gasteiger partial charge in [-0.2, -0.15) is 0 Å². The zero-order chi connectivity index (χ0) is 10.9. The molecular formula is C9H12INO2S. The second-order valence-electron chi connectivity index (χ2n) is 3.07. The number of rotatable bonds is 2. The van der Waals surface area contributed by atoms with Crippen LogP contribution in [0, 0.1) is 17.4 Å². The quantitative estimate of drug-likeness (QED) is 0.843. The van der Waals surface area contributed by atoms with Crippen LogP contribution in [0.15, 0.2) is 17.0 Å². The van der Waals surface area contributed by atoms with Crippen molar-refractivity contribution in [1.82, 2.24) is 4.72 Å². The van der Waals surface area contributed by atoms with Gasteiger partial charge in [-0.3, -0.25) is 0 Å². The van der Waals surface area contributed by atoms with Gasteiger partial charge in [-0.25, -0.2) is 13.1 Å². The normalized spacial score (nSPS) is 11.7. The summed E-state index contributed by atoms with van der Waals surface area (Å²) >= 11 is 2.03. The maximum atomic E-state index is 11.6. The first-order valence-corrected chi connectivity index (χ1v) is 6.65. The summed E-state index contributed by atoms with van der Waals surface area (Å²) in [7, 11) is -1.91. The Bertz CT molecular complexity index is 454. The van der Waals surface area contributed by atoms with Gasteiger partial charge in [-0.05, 0) is 66.7 Å². The Morgan fingerprint density at radius 2 is 1.71 bits per heavy atom. The van der Waals surface area contributed by atoms with Gasteiger partial charge in [0, 0.05) is 3.57 Å². The molecule has 78 valence electrons. The lowest BCUT2D eigenvalue weighted by atomic mass is 10.1. The molecule has 5 heteroatoms. The van der Waals surface area contributed by atoms with Crippen LogP contribution >= 0.6 is 22.6 Å². The minimum atomic E-state index is -3.33. The van der Waals surface area contributed by atoms with Crippen molar-refractivity contribution in [1.29, 1.82) is 0 Å². The maximum Gasteiger partial charge on any atom is 0.241 e. The Morgan fingerprint density at radius 1 is 1.21 bits per heavy atom. The molecule has 0 atom stereocenters. The Hall–Kier alpha value is -0.140. The molecule has 1 N–H and O–H groups in total. The molecule has 0 radical (unpaired) electrons. The van der Waals surface area contributed by atoms with Crippen LogP contribution in [0.1, 0.15) is 11.1 Å². The molecule has 0 bridgehead atoms. The van der Waals surface area contributed by atoms with E-state index in [2.05, 4.69) is 4.72 Å². The number of halogens is 1. The van der Waals surface area contributed by atoms with Crippen LogP contribution in [0.5, 0.6) is 0 Å². The summed E-state index contributed by atoms with van der Waals surface area (Å²) in [5.41, 5.74) is 2.09. The summed E-state index contributed by atoms with van der Waals surface area (Å²) < 4.78 is 26.2. The van der Waals surface area contributed by atoms with Crippen LogP contribution in [0.2, 0.25) is 0 Å². The van der Waals surface area contributed by atoms with E-state index in [4.69, 9.17) is 0 Å². The SMILES string of the molecule is CNS(=O)(=O)c1cc(C)c(C)cc1I. The minimum absolute atomic E-state index is 0.351. The van der Waals surface area contributed by atoms with Crippen molar-refractivity contribution in [3.05, 3.63) is 26.8 Å². The van der Waals surface area contributed by atoms with E-state index in [0.29, 0.717) is 4.90 Å². The van der Waals surface area contributed by atoms with E-state index in [9.17, 15) is 8.42 Å². The van der Waals surface area contributed by atoms with Gasteiger partial charge in [0.25, 0.3) is 0 Å². The monoisotopic (exact) mass is 325 g/mol. The van der Waals surface area contributed by atoms with Crippen LogP contribution in [0.3, 0.4) is 0 Å². The number of aryl methyl sites for hydroxylation is 2. The van der Waals surface area contributed by atoms with Crippen molar-refractivity contribution in [3.8, 4) is 0 Å². The fraction of sp³-hybridized carbons (Fsp3) is 0.333. The Morgan fingerprint density at radius 3 is 2.21 bits per heavy atom. The third-order valence-electron chi connectivity index (χ3n) is 2.11. The lowest BCUT2D eigenvalue weighted by molar-refractivity contribution is 0.587. The molecule has 0 aliphatic rings. The number of hydrogen-bond donors (Lipinski definition) is 1. The molecule has 14 heavy (non-hydrogen) atoms. The van der Waals surface area contributed by atoms with Crippen LogP contribution < -0.4 is 4.72 Å². The van der Waals surface area contributed by atoms with Gasteiger partial charge in [-0.15, -0.1) is 0 Å². The zero-order valence-corrected chi connectivity index (χ0v) is 11.2. The summed E-state index contributed by atoms with van der Waals surface area (Å²) in [6.07, 6.45) is 0. The van der Waals surface area contributed by atoms with E-state index < -0.39 is 10.0 Å². The van der Waals surface area contributed by atoms with Gasteiger partial charge in [0.05, 0.1) is 4.90 Å². The van der Waals surface area contributed by atoms with Crippen molar-refractivity contribution < 1.29 is 8.42 Å². The first-order chi connectivity index (χ1) is 6.38. The van der Waals surface area contributed by atoms with E-state index in [1.54, 1.807) is 6.07 Å². The highest BCUT2D eigenvalue weighted by Crippen LogP contribution is 2.21. The fourth-order valence-corrected chi connectivity index (χ4v) is 3.43. The van der Waals surface area contributed by atoms with E-state index in [1.807, 2.05) is 42.5 Å². The predicted molar refractivity (Wildman–Crippen MR) is 64.9 cm³/mol. The molecule has 0 unspecified atom stereocenters. The molecule has 0 heterocycles. The second kappa shape index (κ2) is 4.16. The molecule has 0 spiro atoms. The van der Waals surface area contributed by atoms with Crippen molar-refractivity contribution >= 4 is 32.6 Å². The van der Waals surface area contributed by atoms with Crippen LogP contribution in [0.4, 0.5) is 0 Å². The highest BCUT2D eigenvalue weighted by atomic mass is 127. The molecule has 0 saturated heterocycles. The fourth-order valence-electron chi connectivity index (χ4n) is 1.07. The Balaban J connectivity index is 3.45. The Kier molecular flexibility index (Phi) is 3.54. The van der Waals surface area contributed by atoms with Gasteiger partial charge in [-0.1, -0.05) is 0 Å². The minimum Gasteiger partial charge on any atom is -0.214 e. The molecule has 0 aliphatic heterocycles. The van der Waals surface area contributed by atoms with E-state index in [-0.39, 0.29) is 0 Å². The highest BCUT2D eigenvalue weighted by Gasteiger charge is 2.16. The molecule has 0 aliphatic carbocycles. The average Bonchev–Trinajstić information content (AvgIpc) is 2.11. The van der Waals surface area contributed by atoms with E-state index >= 15 is 0 Å². The molecule has 1 rings (SSSR count). The zero-order valence-electron chi connectivity index (χ0n) is 8.26. The molecule has 1 aromatic carbocycles. The third-order valence-corrected chi connectivity index (χ3v) is 4.82. The smallest absolute Gasteiger partial charge is 0.214 e. The lowest BCUT2D eigenvalue weighted by Crippen LogP contribution is -2.19.